The fourth-order valence-electron chi connectivity index (χ4n) is 4.07. The van der Waals surface area contributed by atoms with Gasteiger partial charge in [-0.25, -0.2) is 14.5 Å². The Labute approximate surface area is 177 Å². The smallest absolute Gasteiger partial charge is 0.342 e. The third-order valence-corrected chi connectivity index (χ3v) is 5.55. The molecule has 0 radical (unpaired) electrons. The van der Waals surface area contributed by atoms with Crippen LogP contribution in [0.25, 0.3) is 5.78 Å². The number of aromatic nitrogens is 6. The molecule has 1 aliphatic rings. The molecule has 1 aliphatic heterocycles. The molecule has 0 bridgehead atoms. The summed E-state index contributed by atoms with van der Waals surface area (Å²) in [5.41, 5.74) is 0.585. The molecule has 0 spiro atoms. The molecule has 8 nitrogen and oxygen atoms in total. The van der Waals surface area contributed by atoms with Crippen molar-refractivity contribution >= 4 is 11.7 Å². The Bertz CT molecular complexity index is 1070. The number of imidazole rings is 1. The van der Waals surface area contributed by atoms with Crippen LogP contribution in [0.2, 0.25) is 0 Å². The number of hydrogen-bond acceptors (Lipinski definition) is 5. The van der Waals surface area contributed by atoms with Crippen molar-refractivity contribution in [2.75, 3.05) is 13.1 Å². The lowest BCUT2D eigenvalue weighted by molar-refractivity contribution is -0.144. The molecule has 0 N–H and O–H groups in total. The van der Waals surface area contributed by atoms with E-state index in [1.165, 1.54) is 6.20 Å². The molecule has 11 heteroatoms. The van der Waals surface area contributed by atoms with E-state index in [1.54, 1.807) is 17.2 Å². The number of amides is 1. The third kappa shape index (κ3) is 4.40. The second-order valence-corrected chi connectivity index (χ2v) is 8.08. The summed E-state index contributed by atoms with van der Waals surface area (Å²) in [6.07, 6.45) is 2.27. The van der Waals surface area contributed by atoms with Gasteiger partial charge in [0.15, 0.2) is 0 Å². The molecular formula is C20H24F3N7O. The molecule has 0 unspecified atom stereocenters. The molecule has 1 saturated heterocycles. The van der Waals surface area contributed by atoms with E-state index in [0.717, 1.165) is 23.2 Å². The van der Waals surface area contributed by atoms with E-state index in [-0.39, 0.29) is 23.5 Å². The van der Waals surface area contributed by atoms with Crippen LogP contribution in [0.3, 0.4) is 0 Å². The fraction of sp³-hybridized carbons (Fsp3) is 0.550. The second kappa shape index (κ2) is 8.27. The zero-order valence-corrected chi connectivity index (χ0v) is 17.4. The van der Waals surface area contributed by atoms with E-state index >= 15 is 0 Å². The SMILES string of the molecule is CC(C)c1nccn1CCC(=O)N1CCC[C@H](c2ccnc3nc(C(F)(F)F)nn23)C1. The van der Waals surface area contributed by atoms with Crippen molar-refractivity contribution in [3.05, 3.63) is 42.0 Å². The van der Waals surface area contributed by atoms with Crippen molar-refractivity contribution in [2.24, 2.45) is 0 Å². The Balaban J connectivity index is 1.48. The van der Waals surface area contributed by atoms with Crippen molar-refractivity contribution in [3.8, 4) is 0 Å². The minimum Gasteiger partial charge on any atom is -0.342 e. The van der Waals surface area contributed by atoms with Crippen molar-refractivity contribution in [2.45, 2.75) is 57.7 Å². The molecule has 0 aliphatic carbocycles. The van der Waals surface area contributed by atoms with Gasteiger partial charge in [-0.2, -0.15) is 18.2 Å². The van der Waals surface area contributed by atoms with Crippen molar-refractivity contribution in [3.63, 3.8) is 0 Å². The second-order valence-electron chi connectivity index (χ2n) is 8.08. The van der Waals surface area contributed by atoms with E-state index in [1.807, 2.05) is 10.8 Å². The summed E-state index contributed by atoms with van der Waals surface area (Å²) in [7, 11) is 0. The van der Waals surface area contributed by atoms with E-state index in [4.69, 9.17) is 0 Å². The number of hydrogen-bond donors (Lipinski definition) is 0. The lowest BCUT2D eigenvalue weighted by atomic mass is 9.94. The first-order chi connectivity index (χ1) is 14.7. The molecule has 3 aromatic heterocycles. The Morgan fingerprint density at radius 1 is 1.26 bits per heavy atom. The van der Waals surface area contributed by atoms with Gasteiger partial charge in [0.2, 0.25) is 5.91 Å². The topological polar surface area (TPSA) is 81.2 Å². The van der Waals surface area contributed by atoms with E-state index < -0.39 is 12.0 Å². The van der Waals surface area contributed by atoms with Gasteiger partial charge in [-0.3, -0.25) is 4.79 Å². The number of nitrogens with zero attached hydrogens (tertiary/aromatic N) is 7. The molecule has 1 amide bonds. The molecule has 0 saturated carbocycles. The number of piperidine rings is 1. The molecule has 4 heterocycles. The molecule has 0 aromatic carbocycles. The van der Waals surface area contributed by atoms with Crippen LogP contribution in [0, 0.1) is 0 Å². The van der Waals surface area contributed by atoms with Crippen molar-refractivity contribution < 1.29 is 18.0 Å². The van der Waals surface area contributed by atoms with Gasteiger partial charge in [-0.05, 0) is 18.9 Å². The fourth-order valence-corrected chi connectivity index (χ4v) is 4.07. The highest BCUT2D eigenvalue weighted by molar-refractivity contribution is 5.76. The largest absolute Gasteiger partial charge is 0.453 e. The first-order valence-corrected chi connectivity index (χ1v) is 10.3. The molecule has 4 rings (SSSR count). The summed E-state index contributed by atoms with van der Waals surface area (Å²) >= 11 is 0. The summed E-state index contributed by atoms with van der Waals surface area (Å²) in [6, 6.07) is 1.65. The number of carbonyl (C=O) groups is 1. The maximum absolute atomic E-state index is 13.0. The number of halogens is 3. The highest BCUT2D eigenvalue weighted by Gasteiger charge is 2.37. The van der Waals surface area contributed by atoms with Gasteiger partial charge in [-0.1, -0.05) is 13.8 Å². The van der Waals surface area contributed by atoms with Crippen LogP contribution in [-0.4, -0.2) is 53.0 Å². The van der Waals surface area contributed by atoms with Gasteiger partial charge >= 0.3 is 6.18 Å². The number of aryl methyl sites for hydroxylation is 1. The maximum atomic E-state index is 13.0. The molecule has 166 valence electrons. The van der Waals surface area contributed by atoms with Crippen LogP contribution in [0.5, 0.6) is 0 Å². The van der Waals surface area contributed by atoms with Gasteiger partial charge < -0.3 is 9.47 Å². The van der Waals surface area contributed by atoms with Crippen LogP contribution < -0.4 is 0 Å². The zero-order chi connectivity index (χ0) is 22.2. The van der Waals surface area contributed by atoms with Crippen LogP contribution in [0.1, 0.15) is 62.3 Å². The monoisotopic (exact) mass is 435 g/mol. The average Bonchev–Trinajstić information content (AvgIpc) is 3.38. The van der Waals surface area contributed by atoms with Gasteiger partial charge in [-0.15, -0.1) is 5.10 Å². The van der Waals surface area contributed by atoms with Crippen molar-refractivity contribution in [1.29, 1.82) is 0 Å². The number of likely N-dealkylation sites (tertiary alicyclic amines) is 1. The summed E-state index contributed by atoms with van der Waals surface area (Å²) < 4.78 is 42.2. The minimum atomic E-state index is -4.64. The Kier molecular flexibility index (Phi) is 5.67. The normalized spacial score (nSPS) is 17.6. The zero-order valence-electron chi connectivity index (χ0n) is 17.4. The number of carbonyl (C=O) groups excluding carboxylic acids is 1. The lowest BCUT2D eigenvalue weighted by Crippen LogP contribution is -2.40. The Morgan fingerprint density at radius 3 is 2.81 bits per heavy atom. The molecule has 31 heavy (non-hydrogen) atoms. The quantitative estimate of drug-likeness (QED) is 0.615. The third-order valence-electron chi connectivity index (χ3n) is 5.55. The van der Waals surface area contributed by atoms with E-state index in [0.29, 0.717) is 31.7 Å². The van der Waals surface area contributed by atoms with Gasteiger partial charge in [0.05, 0.1) is 5.69 Å². The highest BCUT2D eigenvalue weighted by atomic mass is 19.4. The Morgan fingerprint density at radius 2 is 2.06 bits per heavy atom. The standard InChI is InChI=1S/C20H24F3N7O/c1-13(2)17-24-8-11-28(17)10-6-16(31)29-9-3-4-14(12-29)15-5-7-25-19-26-18(20(21,22)23)27-30(15)19/h5,7-8,11,13-14H,3-4,6,9-10,12H2,1-2H3/t14-/m0/s1. The first kappa shape index (κ1) is 21.3. The van der Waals surface area contributed by atoms with E-state index in [9.17, 15) is 18.0 Å². The lowest BCUT2D eigenvalue weighted by Gasteiger charge is -2.33. The van der Waals surface area contributed by atoms with E-state index in [2.05, 4.69) is 33.9 Å². The first-order valence-electron chi connectivity index (χ1n) is 10.3. The molecule has 3 aromatic rings. The van der Waals surface area contributed by atoms with Crippen LogP contribution in [0.15, 0.2) is 24.7 Å². The summed E-state index contributed by atoms with van der Waals surface area (Å²) in [6.45, 7) is 5.72. The van der Waals surface area contributed by atoms with Gasteiger partial charge in [0.25, 0.3) is 11.6 Å². The minimum absolute atomic E-state index is 0.0213. The summed E-state index contributed by atoms with van der Waals surface area (Å²) in [5, 5.41) is 3.63. The Hall–Kier alpha value is -2.98. The summed E-state index contributed by atoms with van der Waals surface area (Å²) in [5.74, 6) is -0.205. The van der Waals surface area contributed by atoms with Crippen molar-refractivity contribution in [1.82, 2.24) is 34.0 Å². The van der Waals surface area contributed by atoms with Gasteiger partial charge in [0, 0.05) is 56.5 Å². The number of rotatable bonds is 5. The maximum Gasteiger partial charge on any atom is 0.453 e. The average molecular weight is 435 g/mol. The molecule has 1 fully saturated rings. The van der Waals surface area contributed by atoms with Crippen LogP contribution in [-0.2, 0) is 17.5 Å². The van der Waals surface area contributed by atoms with Crippen LogP contribution in [0.4, 0.5) is 13.2 Å². The summed E-state index contributed by atoms with van der Waals surface area (Å²) in [4.78, 5) is 26.4. The molecular weight excluding hydrogens is 411 g/mol. The molecule has 1 atom stereocenters. The number of fused-ring (bicyclic) bond motifs is 1. The van der Waals surface area contributed by atoms with Gasteiger partial charge in [0.1, 0.15) is 5.82 Å². The van der Waals surface area contributed by atoms with Crippen LogP contribution >= 0.6 is 0 Å². The number of alkyl halides is 3. The predicted molar refractivity (Wildman–Crippen MR) is 105 cm³/mol. The predicted octanol–water partition coefficient (Wildman–Crippen LogP) is 3.26. The highest BCUT2D eigenvalue weighted by Crippen LogP contribution is 2.30.